The summed E-state index contributed by atoms with van der Waals surface area (Å²) < 4.78 is 19.0. The summed E-state index contributed by atoms with van der Waals surface area (Å²) >= 11 is 0. The van der Waals surface area contributed by atoms with Crippen molar-refractivity contribution >= 4 is 17.6 Å². The van der Waals surface area contributed by atoms with Crippen LogP contribution in [0.3, 0.4) is 0 Å². The van der Waals surface area contributed by atoms with Crippen LogP contribution in [0.1, 0.15) is 16.7 Å². The summed E-state index contributed by atoms with van der Waals surface area (Å²) in [6.07, 6.45) is 1.55. The lowest BCUT2D eigenvalue weighted by atomic mass is 9.85. The van der Waals surface area contributed by atoms with Gasteiger partial charge in [0, 0.05) is 18.9 Å². The number of fused-ring (bicyclic) bond motifs is 1. The molecule has 1 aliphatic heterocycles. The van der Waals surface area contributed by atoms with Crippen molar-refractivity contribution in [3.05, 3.63) is 59.0 Å². The summed E-state index contributed by atoms with van der Waals surface area (Å²) in [5, 5.41) is 0. The Kier molecular flexibility index (Phi) is 3.81. The summed E-state index contributed by atoms with van der Waals surface area (Å²) in [6.45, 7) is 1.51. The third kappa shape index (κ3) is 2.16. The van der Waals surface area contributed by atoms with Gasteiger partial charge < -0.3 is 10.5 Å². The number of rotatable bonds is 4. The maximum atomic E-state index is 13.3. The second-order valence-corrected chi connectivity index (χ2v) is 5.58. The molecule has 0 unspecified atom stereocenters. The molecule has 0 aliphatic carbocycles. The molecule has 0 saturated heterocycles. The number of aromatic nitrogens is 1. The summed E-state index contributed by atoms with van der Waals surface area (Å²) in [5.41, 5.74) is 5.54. The van der Waals surface area contributed by atoms with Crippen molar-refractivity contribution in [1.29, 1.82) is 0 Å². The molecule has 2 N–H and O–H groups in total. The van der Waals surface area contributed by atoms with Crippen molar-refractivity contribution in [2.24, 2.45) is 5.73 Å². The van der Waals surface area contributed by atoms with Crippen molar-refractivity contribution in [3.63, 3.8) is 0 Å². The highest BCUT2D eigenvalue weighted by Crippen LogP contribution is 2.47. The number of nitrogens with zero attached hydrogens (tertiary/aromatic N) is 2. The third-order valence-corrected chi connectivity index (χ3v) is 4.16. The quantitative estimate of drug-likeness (QED) is 0.915. The van der Waals surface area contributed by atoms with Crippen LogP contribution in [0.15, 0.2) is 36.5 Å². The minimum atomic E-state index is -1.49. The van der Waals surface area contributed by atoms with Crippen LogP contribution in [-0.4, -0.2) is 30.5 Å². The van der Waals surface area contributed by atoms with Gasteiger partial charge in [-0.3, -0.25) is 14.5 Å². The number of ether oxygens (including phenoxy) is 1. The standard InChI is InChI=1S/C17H16FN3O3/c1-10-7-8-20-15-14(10)17(24-2,11-3-5-12(18)6-4-11)16(23)21(15)9-13(19)22/h3-8H,9H2,1-2H3,(H2,19,22)/t17-/m0/s1. The van der Waals surface area contributed by atoms with Gasteiger partial charge in [0.1, 0.15) is 18.2 Å². The predicted octanol–water partition coefficient (Wildman–Crippen LogP) is 1.25. The van der Waals surface area contributed by atoms with E-state index in [2.05, 4.69) is 4.98 Å². The Morgan fingerprint density at radius 1 is 1.33 bits per heavy atom. The highest BCUT2D eigenvalue weighted by molar-refractivity contribution is 6.11. The molecule has 2 heterocycles. The van der Waals surface area contributed by atoms with E-state index in [0.717, 1.165) is 5.56 Å². The number of hydrogen-bond acceptors (Lipinski definition) is 4. The molecule has 0 bridgehead atoms. The largest absolute Gasteiger partial charge is 0.368 e. The molecular weight excluding hydrogens is 313 g/mol. The van der Waals surface area contributed by atoms with Crippen molar-refractivity contribution in [2.75, 3.05) is 18.6 Å². The second-order valence-electron chi connectivity index (χ2n) is 5.58. The Morgan fingerprint density at radius 2 is 2.00 bits per heavy atom. The van der Waals surface area contributed by atoms with Crippen LogP contribution < -0.4 is 10.6 Å². The Morgan fingerprint density at radius 3 is 2.58 bits per heavy atom. The second kappa shape index (κ2) is 5.68. The highest BCUT2D eigenvalue weighted by atomic mass is 19.1. The Balaban J connectivity index is 2.29. The van der Waals surface area contributed by atoms with E-state index in [1.165, 1.54) is 36.3 Å². The number of carbonyl (C=O) groups is 2. The van der Waals surface area contributed by atoms with Gasteiger partial charge in [-0.15, -0.1) is 0 Å². The van der Waals surface area contributed by atoms with Crippen LogP contribution in [0.25, 0.3) is 0 Å². The molecular formula is C17H16FN3O3. The molecule has 1 aliphatic rings. The maximum absolute atomic E-state index is 13.3. The molecule has 0 saturated carbocycles. The minimum absolute atomic E-state index is 0.311. The lowest BCUT2D eigenvalue weighted by Gasteiger charge is -2.28. The van der Waals surface area contributed by atoms with Gasteiger partial charge in [0.05, 0.1) is 0 Å². The van der Waals surface area contributed by atoms with E-state index in [1.807, 2.05) is 6.92 Å². The minimum Gasteiger partial charge on any atom is -0.368 e. The number of anilines is 1. The smallest absolute Gasteiger partial charge is 0.270 e. The van der Waals surface area contributed by atoms with E-state index in [0.29, 0.717) is 16.9 Å². The zero-order valence-corrected chi connectivity index (χ0v) is 13.2. The summed E-state index contributed by atoms with van der Waals surface area (Å²) in [6, 6.07) is 7.23. The highest BCUT2D eigenvalue weighted by Gasteiger charge is 2.54. The fraction of sp³-hybridized carbons (Fsp3) is 0.235. The van der Waals surface area contributed by atoms with Crippen LogP contribution in [0.2, 0.25) is 0 Å². The number of aryl methyl sites for hydroxylation is 1. The van der Waals surface area contributed by atoms with E-state index in [9.17, 15) is 14.0 Å². The van der Waals surface area contributed by atoms with Gasteiger partial charge in [0.2, 0.25) is 11.5 Å². The first-order chi connectivity index (χ1) is 11.4. The van der Waals surface area contributed by atoms with Crippen molar-refractivity contribution in [2.45, 2.75) is 12.5 Å². The molecule has 0 spiro atoms. The molecule has 1 atom stereocenters. The first kappa shape index (κ1) is 16.1. The van der Waals surface area contributed by atoms with Crippen LogP contribution in [0.4, 0.5) is 10.2 Å². The van der Waals surface area contributed by atoms with Crippen molar-refractivity contribution < 1.29 is 18.7 Å². The Bertz CT molecular complexity index is 822. The van der Waals surface area contributed by atoms with E-state index in [4.69, 9.17) is 10.5 Å². The van der Waals surface area contributed by atoms with Gasteiger partial charge in [-0.25, -0.2) is 9.37 Å². The number of carbonyl (C=O) groups excluding carboxylic acids is 2. The zero-order chi connectivity index (χ0) is 17.5. The molecule has 2 aromatic rings. The first-order valence-electron chi connectivity index (χ1n) is 7.29. The third-order valence-electron chi connectivity index (χ3n) is 4.16. The van der Waals surface area contributed by atoms with Gasteiger partial charge >= 0.3 is 0 Å². The number of pyridine rings is 1. The zero-order valence-electron chi connectivity index (χ0n) is 13.2. The van der Waals surface area contributed by atoms with Gasteiger partial charge in [-0.2, -0.15) is 0 Å². The number of amides is 2. The van der Waals surface area contributed by atoms with Crippen LogP contribution in [-0.2, 0) is 19.9 Å². The molecule has 7 heteroatoms. The van der Waals surface area contributed by atoms with Gasteiger partial charge in [0.25, 0.3) is 5.91 Å². The van der Waals surface area contributed by atoms with Gasteiger partial charge in [0.15, 0.2) is 0 Å². The summed E-state index contributed by atoms with van der Waals surface area (Å²) in [5.74, 6) is -1.24. The molecule has 2 amide bonds. The van der Waals surface area contributed by atoms with E-state index in [-0.39, 0.29) is 6.54 Å². The number of halogens is 1. The van der Waals surface area contributed by atoms with Crippen LogP contribution in [0.5, 0.6) is 0 Å². The number of nitrogens with two attached hydrogens (primary N) is 1. The van der Waals surface area contributed by atoms with Gasteiger partial charge in [-0.05, 0) is 36.2 Å². The lowest BCUT2D eigenvalue weighted by molar-refractivity contribution is -0.136. The molecule has 3 rings (SSSR count). The average molecular weight is 329 g/mol. The van der Waals surface area contributed by atoms with Crippen molar-refractivity contribution in [1.82, 2.24) is 4.98 Å². The number of methoxy groups -OCH3 is 1. The average Bonchev–Trinajstić information content (AvgIpc) is 2.79. The van der Waals surface area contributed by atoms with Gasteiger partial charge in [-0.1, -0.05) is 12.1 Å². The van der Waals surface area contributed by atoms with Crippen molar-refractivity contribution in [3.8, 4) is 0 Å². The monoisotopic (exact) mass is 329 g/mol. The normalized spacial score (nSPS) is 19.5. The molecule has 1 aromatic heterocycles. The first-order valence-corrected chi connectivity index (χ1v) is 7.29. The van der Waals surface area contributed by atoms with Crippen LogP contribution in [0, 0.1) is 12.7 Å². The van der Waals surface area contributed by atoms with E-state index < -0.39 is 23.2 Å². The predicted molar refractivity (Wildman–Crippen MR) is 84.7 cm³/mol. The Hall–Kier alpha value is -2.80. The van der Waals surface area contributed by atoms with E-state index in [1.54, 1.807) is 12.3 Å². The SMILES string of the molecule is CO[C@]1(c2ccc(F)cc2)C(=O)N(CC(N)=O)c2nccc(C)c21. The molecule has 0 fully saturated rings. The lowest BCUT2D eigenvalue weighted by Crippen LogP contribution is -2.45. The summed E-state index contributed by atoms with van der Waals surface area (Å²) in [7, 11) is 1.39. The Labute approximate surface area is 138 Å². The summed E-state index contributed by atoms with van der Waals surface area (Å²) in [4.78, 5) is 30.0. The maximum Gasteiger partial charge on any atom is 0.270 e. The topological polar surface area (TPSA) is 85.5 Å². The van der Waals surface area contributed by atoms with Crippen LogP contribution >= 0.6 is 0 Å². The molecule has 0 radical (unpaired) electrons. The number of primary amides is 1. The van der Waals surface area contributed by atoms with E-state index >= 15 is 0 Å². The molecule has 1 aromatic carbocycles. The fourth-order valence-electron chi connectivity index (χ4n) is 3.14. The number of benzene rings is 1. The number of hydrogen-bond donors (Lipinski definition) is 1. The fourth-order valence-corrected chi connectivity index (χ4v) is 3.14. The molecule has 124 valence electrons. The molecule has 24 heavy (non-hydrogen) atoms. The molecule has 6 nitrogen and oxygen atoms in total.